The van der Waals surface area contributed by atoms with Gasteiger partial charge in [0, 0.05) is 20.0 Å². The quantitative estimate of drug-likeness (QED) is 0.610. The number of nitrogens with zero attached hydrogens (tertiary/aromatic N) is 1. The molecule has 1 amide bonds. The molecule has 1 aromatic carbocycles. The molecule has 0 radical (unpaired) electrons. The SMILES string of the molecule is CC(=O)N1CCc2cc(C)ccc2C1. The summed E-state index contributed by atoms with van der Waals surface area (Å²) in [6.45, 7) is 5.40. The van der Waals surface area contributed by atoms with Gasteiger partial charge >= 0.3 is 0 Å². The van der Waals surface area contributed by atoms with E-state index in [-0.39, 0.29) is 5.91 Å². The van der Waals surface area contributed by atoms with Crippen molar-refractivity contribution in [3.05, 3.63) is 34.9 Å². The van der Waals surface area contributed by atoms with Gasteiger partial charge in [-0.15, -0.1) is 0 Å². The summed E-state index contributed by atoms with van der Waals surface area (Å²) >= 11 is 0. The van der Waals surface area contributed by atoms with Gasteiger partial charge in [-0.1, -0.05) is 23.8 Å². The first kappa shape index (κ1) is 9.25. The molecule has 0 N–H and O–H groups in total. The zero-order valence-corrected chi connectivity index (χ0v) is 8.71. The Hall–Kier alpha value is -1.31. The van der Waals surface area contributed by atoms with E-state index in [1.165, 1.54) is 16.7 Å². The lowest BCUT2D eigenvalue weighted by Crippen LogP contribution is -2.34. The van der Waals surface area contributed by atoms with Gasteiger partial charge in [0.15, 0.2) is 0 Å². The van der Waals surface area contributed by atoms with Gasteiger partial charge in [-0.3, -0.25) is 4.79 Å². The smallest absolute Gasteiger partial charge is 0.219 e. The number of benzene rings is 1. The minimum absolute atomic E-state index is 0.177. The van der Waals surface area contributed by atoms with E-state index in [9.17, 15) is 4.79 Å². The van der Waals surface area contributed by atoms with Crippen LogP contribution in [-0.2, 0) is 17.8 Å². The lowest BCUT2D eigenvalue weighted by Gasteiger charge is -2.28. The highest BCUT2D eigenvalue weighted by Gasteiger charge is 2.17. The lowest BCUT2D eigenvalue weighted by molar-refractivity contribution is -0.129. The normalized spacial score (nSPS) is 15.1. The number of hydrogen-bond acceptors (Lipinski definition) is 1. The Morgan fingerprint density at radius 3 is 2.86 bits per heavy atom. The van der Waals surface area contributed by atoms with Crippen LogP contribution in [0, 0.1) is 6.92 Å². The molecule has 0 saturated carbocycles. The summed E-state index contributed by atoms with van der Waals surface area (Å²) in [6, 6.07) is 6.48. The Labute approximate surface area is 84.5 Å². The Morgan fingerprint density at radius 1 is 1.36 bits per heavy atom. The highest BCUT2D eigenvalue weighted by Crippen LogP contribution is 2.19. The van der Waals surface area contributed by atoms with E-state index in [2.05, 4.69) is 25.1 Å². The molecule has 0 aromatic heterocycles. The first-order chi connectivity index (χ1) is 6.66. The van der Waals surface area contributed by atoms with Gasteiger partial charge in [0.05, 0.1) is 0 Å². The van der Waals surface area contributed by atoms with Crippen molar-refractivity contribution in [1.29, 1.82) is 0 Å². The number of fused-ring (bicyclic) bond motifs is 1. The average molecular weight is 189 g/mol. The summed E-state index contributed by atoms with van der Waals surface area (Å²) in [4.78, 5) is 13.1. The van der Waals surface area contributed by atoms with Crippen LogP contribution >= 0.6 is 0 Å². The van der Waals surface area contributed by atoms with E-state index in [0.29, 0.717) is 0 Å². The molecular weight excluding hydrogens is 174 g/mol. The van der Waals surface area contributed by atoms with Crippen molar-refractivity contribution >= 4 is 5.91 Å². The van der Waals surface area contributed by atoms with Gasteiger partial charge in [-0.05, 0) is 24.5 Å². The summed E-state index contributed by atoms with van der Waals surface area (Å²) in [5.74, 6) is 0.177. The summed E-state index contributed by atoms with van der Waals surface area (Å²) in [5.41, 5.74) is 4.01. The third-order valence-electron chi connectivity index (χ3n) is 2.82. The van der Waals surface area contributed by atoms with Crippen LogP contribution in [-0.4, -0.2) is 17.4 Å². The van der Waals surface area contributed by atoms with Gasteiger partial charge in [0.2, 0.25) is 5.91 Å². The monoisotopic (exact) mass is 189 g/mol. The largest absolute Gasteiger partial charge is 0.338 e. The third kappa shape index (κ3) is 1.65. The fraction of sp³-hybridized carbons (Fsp3) is 0.417. The maximum absolute atomic E-state index is 11.2. The van der Waals surface area contributed by atoms with Gasteiger partial charge in [-0.2, -0.15) is 0 Å². The van der Waals surface area contributed by atoms with E-state index < -0.39 is 0 Å². The topological polar surface area (TPSA) is 20.3 Å². The van der Waals surface area contributed by atoms with Crippen molar-refractivity contribution in [3.8, 4) is 0 Å². The zero-order chi connectivity index (χ0) is 10.1. The number of hydrogen-bond donors (Lipinski definition) is 0. The molecule has 1 heterocycles. The maximum atomic E-state index is 11.2. The Kier molecular flexibility index (Phi) is 2.28. The minimum atomic E-state index is 0.177. The highest BCUT2D eigenvalue weighted by atomic mass is 16.2. The molecule has 74 valence electrons. The second-order valence-electron chi connectivity index (χ2n) is 3.96. The molecule has 0 fully saturated rings. The number of aryl methyl sites for hydroxylation is 1. The van der Waals surface area contributed by atoms with E-state index in [1.807, 2.05) is 4.90 Å². The van der Waals surface area contributed by atoms with Gasteiger partial charge in [0.25, 0.3) is 0 Å². The molecule has 14 heavy (non-hydrogen) atoms. The van der Waals surface area contributed by atoms with Crippen LogP contribution in [0.2, 0.25) is 0 Å². The molecule has 2 nitrogen and oxygen atoms in total. The van der Waals surface area contributed by atoms with Gasteiger partial charge < -0.3 is 4.90 Å². The molecule has 0 unspecified atom stereocenters. The Balaban J connectivity index is 2.27. The molecule has 1 aliphatic rings. The average Bonchev–Trinajstić information content (AvgIpc) is 2.16. The van der Waals surface area contributed by atoms with Crippen LogP contribution in [0.25, 0.3) is 0 Å². The number of carbonyl (C=O) groups is 1. The minimum Gasteiger partial charge on any atom is -0.338 e. The fourth-order valence-electron chi connectivity index (χ4n) is 1.95. The summed E-state index contributed by atoms with van der Waals surface area (Å²) in [7, 11) is 0. The van der Waals surface area contributed by atoms with Crippen LogP contribution < -0.4 is 0 Å². The molecule has 0 saturated heterocycles. The molecule has 0 aliphatic carbocycles. The summed E-state index contributed by atoms with van der Waals surface area (Å²) in [6.07, 6.45) is 0.997. The van der Waals surface area contributed by atoms with Gasteiger partial charge in [-0.25, -0.2) is 0 Å². The molecule has 2 rings (SSSR count). The Morgan fingerprint density at radius 2 is 2.14 bits per heavy atom. The second kappa shape index (κ2) is 3.45. The zero-order valence-electron chi connectivity index (χ0n) is 8.71. The predicted molar refractivity (Wildman–Crippen MR) is 56.0 cm³/mol. The predicted octanol–water partition coefficient (Wildman–Crippen LogP) is 1.90. The van der Waals surface area contributed by atoms with Crippen LogP contribution in [0.1, 0.15) is 23.6 Å². The lowest BCUT2D eigenvalue weighted by atomic mass is 9.98. The molecule has 0 bridgehead atoms. The molecule has 1 aromatic rings. The van der Waals surface area contributed by atoms with Crippen molar-refractivity contribution < 1.29 is 4.79 Å². The Bertz CT molecular complexity index is 371. The van der Waals surface area contributed by atoms with Crippen molar-refractivity contribution in [3.63, 3.8) is 0 Å². The van der Waals surface area contributed by atoms with E-state index in [4.69, 9.17) is 0 Å². The molecular formula is C12H15NO. The molecule has 2 heteroatoms. The van der Waals surface area contributed by atoms with E-state index in [1.54, 1.807) is 6.92 Å². The molecule has 0 spiro atoms. The van der Waals surface area contributed by atoms with Crippen molar-refractivity contribution in [1.82, 2.24) is 4.90 Å². The van der Waals surface area contributed by atoms with Crippen molar-refractivity contribution in [2.75, 3.05) is 6.54 Å². The van der Waals surface area contributed by atoms with Crippen molar-refractivity contribution in [2.24, 2.45) is 0 Å². The first-order valence-corrected chi connectivity index (χ1v) is 5.01. The van der Waals surface area contributed by atoms with Crippen LogP contribution in [0.3, 0.4) is 0 Å². The number of rotatable bonds is 0. The second-order valence-corrected chi connectivity index (χ2v) is 3.96. The summed E-state index contributed by atoms with van der Waals surface area (Å²) in [5, 5.41) is 0. The maximum Gasteiger partial charge on any atom is 0.219 e. The number of amides is 1. The van der Waals surface area contributed by atoms with Crippen LogP contribution in [0.4, 0.5) is 0 Å². The first-order valence-electron chi connectivity index (χ1n) is 5.01. The van der Waals surface area contributed by atoms with E-state index >= 15 is 0 Å². The fourth-order valence-corrected chi connectivity index (χ4v) is 1.95. The number of carbonyl (C=O) groups excluding carboxylic acids is 1. The third-order valence-corrected chi connectivity index (χ3v) is 2.82. The molecule has 0 atom stereocenters. The standard InChI is InChI=1S/C12H15NO/c1-9-3-4-12-8-13(10(2)14)6-5-11(12)7-9/h3-4,7H,5-6,8H2,1-2H3. The summed E-state index contributed by atoms with van der Waals surface area (Å²) < 4.78 is 0. The van der Waals surface area contributed by atoms with Crippen molar-refractivity contribution in [2.45, 2.75) is 26.8 Å². The van der Waals surface area contributed by atoms with Gasteiger partial charge in [0.1, 0.15) is 0 Å². The van der Waals surface area contributed by atoms with Crippen LogP contribution in [0.15, 0.2) is 18.2 Å². The highest BCUT2D eigenvalue weighted by molar-refractivity contribution is 5.73. The van der Waals surface area contributed by atoms with E-state index in [0.717, 1.165) is 19.5 Å². The molecule has 1 aliphatic heterocycles. The van der Waals surface area contributed by atoms with Crippen LogP contribution in [0.5, 0.6) is 0 Å².